The number of benzene rings is 1. The average molecular weight is 421 g/mol. The molecule has 6 heteroatoms. The Bertz CT molecular complexity index is 894. The van der Waals surface area contributed by atoms with Crippen LogP contribution in [0.15, 0.2) is 54.9 Å². The van der Waals surface area contributed by atoms with Crippen molar-refractivity contribution < 1.29 is 9.59 Å². The fourth-order valence-corrected chi connectivity index (χ4v) is 4.87. The maximum Gasteiger partial charge on any atom is 0.328 e. The molecule has 1 aromatic heterocycles. The van der Waals surface area contributed by atoms with E-state index in [1.807, 2.05) is 35.2 Å². The van der Waals surface area contributed by atoms with Gasteiger partial charge in [0.1, 0.15) is 5.54 Å². The summed E-state index contributed by atoms with van der Waals surface area (Å²) in [5.74, 6) is -0.0433. The molecule has 0 aliphatic carbocycles. The van der Waals surface area contributed by atoms with Gasteiger partial charge in [-0.05, 0) is 49.8 Å². The molecule has 0 bridgehead atoms. The van der Waals surface area contributed by atoms with Gasteiger partial charge in [0, 0.05) is 38.1 Å². The minimum atomic E-state index is -0.724. The van der Waals surface area contributed by atoms with Gasteiger partial charge in [-0.2, -0.15) is 0 Å². The van der Waals surface area contributed by atoms with Crippen LogP contribution in [0.2, 0.25) is 0 Å². The van der Waals surface area contributed by atoms with Gasteiger partial charge in [-0.15, -0.1) is 0 Å². The van der Waals surface area contributed by atoms with Gasteiger partial charge >= 0.3 is 6.03 Å². The number of urea groups is 1. The van der Waals surface area contributed by atoms with Crippen LogP contribution in [0.5, 0.6) is 0 Å². The van der Waals surface area contributed by atoms with E-state index in [1.54, 1.807) is 12.4 Å². The largest absolute Gasteiger partial charge is 0.328 e. The summed E-state index contributed by atoms with van der Waals surface area (Å²) in [7, 11) is 0. The summed E-state index contributed by atoms with van der Waals surface area (Å²) in [6, 6.07) is 14.3. The fourth-order valence-electron chi connectivity index (χ4n) is 4.87. The number of rotatable bonds is 7. The van der Waals surface area contributed by atoms with E-state index in [2.05, 4.69) is 35.9 Å². The number of likely N-dealkylation sites (tertiary alicyclic amines) is 1. The van der Waals surface area contributed by atoms with E-state index in [9.17, 15) is 9.59 Å². The number of pyridine rings is 1. The van der Waals surface area contributed by atoms with Crippen LogP contribution in [0.3, 0.4) is 0 Å². The van der Waals surface area contributed by atoms with Crippen molar-refractivity contribution in [2.24, 2.45) is 0 Å². The van der Waals surface area contributed by atoms with E-state index in [1.165, 1.54) is 10.5 Å². The predicted octanol–water partition coefficient (Wildman–Crippen LogP) is 3.72. The zero-order valence-corrected chi connectivity index (χ0v) is 18.5. The highest BCUT2D eigenvalue weighted by Crippen LogP contribution is 2.38. The lowest BCUT2D eigenvalue weighted by Gasteiger charge is -2.44. The molecular weight excluding hydrogens is 388 g/mol. The molecule has 1 unspecified atom stereocenters. The first-order valence-corrected chi connectivity index (χ1v) is 11.4. The van der Waals surface area contributed by atoms with Gasteiger partial charge in [-0.25, -0.2) is 4.79 Å². The smallest absolute Gasteiger partial charge is 0.309 e. The third-order valence-corrected chi connectivity index (χ3v) is 6.99. The monoisotopic (exact) mass is 420 g/mol. The number of piperidine rings is 1. The maximum absolute atomic E-state index is 13.7. The molecule has 0 N–H and O–H groups in total. The Morgan fingerprint density at radius 1 is 1.03 bits per heavy atom. The third-order valence-electron chi connectivity index (χ3n) is 6.99. The number of carbonyl (C=O) groups is 2. The van der Waals surface area contributed by atoms with E-state index in [-0.39, 0.29) is 18.5 Å². The first-order valence-electron chi connectivity index (χ1n) is 11.4. The zero-order valence-electron chi connectivity index (χ0n) is 18.5. The molecule has 4 rings (SSSR count). The summed E-state index contributed by atoms with van der Waals surface area (Å²) in [6.45, 7) is 6.96. The lowest BCUT2D eigenvalue weighted by molar-refractivity contribution is -0.136. The van der Waals surface area contributed by atoms with E-state index in [4.69, 9.17) is 0 Å². The zero-order chi connectivity index (χ0) is 21.8. The molecule has 0 radical (unpaired) electrons. The van der Waals surface area contributed by atoms with E-state index in [0.717, 1.165) is 31.5 Å². The summed E-state index contributed by atoms with van der Waals surface area (Å²) in [4.78, 5) is 37.1. The van der Waals surface area contributed by atoms with Gasteiger partial charge in [-0.1, -0.05) is 43.3 Å². The van der Waals surface area contributed by atoms with E-state index >= 15 is 0 Å². The van der Waals surface area contributed by atoms with E-state index < -0.39 is 5.54 Å². The van der Waals surface area contributed by atoms with Crippen LogP contribution in [-0.4, -0.2) is 62.8 Å². The van der Waals surface area contributed by atoms with Crippen molar-refractivity contribution in [1.82, 2.24) is 19.7 Å². The number of nitrogens with zero attached hydrogens (tertiary/aromatic N) is 4. The van der Waals surface area contributed by atoms with Crippen LogP contribution in [0.25, 0.3) is 0 Å². The molecule has 2 aliphatic rings. The van der Waals surface area contributed by atoms with Gasteiger partial charge < -0.3 is 9.80 Å². The van der Waals surface area contributed by atoms with Gasteiger partial charge in [0.05, 0.1) is 6.54 Å². The number of aromatic nitrogens is 1. The van der Waals surface area contributed by atoms with E-state index in [0.29, 0.717) is 25.4 Å². The molecule has 6 nitrogen and oxygen atoms in total. The molecule has 3 heterocycles. The Hall–Kier alpha value is -2.73. The Morgan fingerprint density at radius 3 is 2.39 bits per heavy atom. The molecule has 2 aliphatic heterocycles. The second-order valence-corrected chi connectivity index (χ2v) is 8.75. The molecule has 2 aromatic rings. The Balaban J connectivity index is 1.57. The Labute approximate surface area is 184 Å². The van der Waals surface area contributed by atoms with Crippen molar-refractivity contribution >= 4 is 11.9 Å². The summed E-state index contributed by atoms with van der Waals surface area (Å²) in [6.07, 6.45) is 6.66. The number of amides is 3. The highest BCUT2D eigenvalue weighted by atomic mass is 16.2. The average Bonchev–Trinajstić information content (AvgIpc) is 3.00. The van der Waals surface area contributed by atoms with Crippen LogP contribution in [0, 0.1) is 0 Å². The highest BCUT2D eigenvalue weighted by Gasteiger charge is 2.57. The van der Waals surface area contributed by atoms with Crippen molar-refractivity contribution in [2.75, 3.05) is 19.6 Å². The highest BCUT2D eigenvalue weighted by molar-refractivity contribution is 6.07. The van der Waals surface area contributed by atoms with Gasteiger partial charge in [0.15, 0.2) is 0 Å². The van der Waals surface area contributed by atoms with Crippen LogP contribution in [0.4, 0.5) is 4.79 Å². The van der Waals surface area contributed by atoms with Crippen LogP contribution in [0.1, 0.15) is 44.2 Å². The number of carbonyl (C=O) groups excluding carboxylic acids is 2. The van der Waals surface area contributed by atoms with Gasteiger partial charge in [-0.3, -0.25) is 14.7 Å². The number of hydrogen-bond acceptors (Lipinski definition) is 4. The number of imide groups is 1. The maximum atomic E-state index is 13.7. The molecule has 164 valence electrons. The molecule has 2 fully saturated rings. The minimum Gasteiger partial charge on any atom is -0.309 e. The van der Waals surface area contributed by atoms with Crippen molar-refractivity contribution in [2.45, 2.75) is 57.7 Å². The summed E-state index contributed by atoms with van der Waals surface area (Å²) in [5.41, 5.74) is 1.33. The van der Waals surface area contributed by atoms with Crippen molar-refractivity contribution in [3.63, 3.8) is 0 Å². The fraction of sp³-hybridized carbons (Fsp3) is 0.480. The minimum absolute atomic E-state index is 0.0433. The summed E-state index contributed by atoms with van der Waals surface area (Å²) < 4.78 is 0. The topological polar surface area (TPSA) is 56.8 Å². The van der Waals surface area contributed by atoms with Gasteiger partial charge in [0.2, 0.25) is 0 Å². The molecule has 1 spiro atoms. The molecule has 1 aromatic carbocycles. The molecular formula is C25H32N4O2. The standard InChI is InChI=1S/C25H32N4O2/c1-3-20(2)27-16-12-25(13-17-27)23(30)28(19-22-10-7-14-26-18-22)24(31)29(25)15-11-21-8-5-4-6-9-21/h4-10,14,18,20H,3,11-13,15-17,19H2,1-2H3. The van der Waals surface area contributed by atoms with Gasteiger partial charge in [0.25, 0.3) is 5.91 Å². The molecule has 3 amide bonds. The molecule has 2 saturated heterocycles. The first kappa shape index (κ1) is 21.5. The first-order chi connectivity index (χ1) is 15.0. The molecule has 1 atom stereocenters. The predicted molar refractivity (Wildman–Crippen MR) is 120 cm³/mol. The molecule has 0 saturated carbocycles. The summed E-state index contributed by atoms with van der Waals surface area (Å²) >= 11 is 0. The Kier molecular flexibility index (Phi) is 6.37. The third kappa shape index (κ3) is 4.22. The SMILES string of the molecule is CCC(C)N1CCC2(CC1)C(=O)N(Cc1cccnc1)C(=O)N2CCc1ccccc1. The quantitative estimate of drug-likeness (QED) is 0.641. The Morgan fingerprint density at radius 2 is 1.74 bits per heavy atom. The lowest BCUT2D eigenvalue weighted by Crippen LogP contribution is -2.58. The number of hydrogen-bond donors (Lipinski definition) is 0. The van der Waals surface area contributed by atoms with Crippen LogP contribution in [-0.2, 0) is 17.8 Å². The lowest BCUT2D eigenvalue weighted by atomic mass is 9.85. The van der Waals surface area contributed by atoms with Crippen molar-refractivity contribution in [1.29, 1.82) is 0 Å². The van der Waals surface area contributed by atoms with Crippen molar-refractivity contribution in [3.8, 4) is 0 Å². The second kappa shape index (κ2) is 9.18. The second-order valence-electron chi connectivity index (χ2n) is 8.75. The molecule has 31 heavy (non-hydrogen) atoms. The van der Waals surface area contributed by atoms with Crippen molar-refractivity contribution in [3.05, 3.63) is 66.0 Å². The van der Waals surface area contributed by atoms with Crippen LogP contribution < -0.4 is 0 Å². The van der Waals surface area contributed by atoms with Crippen LogP contribution >= 0.6 is 0 Å². The summed E-state index contributed by atoms with van der Waals surface area (Å²) in [5, 5.41) is 0. The normalized spacial score (nSPS) is 19.9.